The summed E-state index contributed by atoms with van der Waals surface area (Å²) in [5.74, 6) is -0.506. The quantitative estimate of drug-likeness (QED) is 0.816. The van der Waals surface area contributed by atoms with Crippen molar-refractivity contribution in [3.05, 3.63) is 34.9 Å². The van der Waals surface area contributed by atoms with Crippen LogP contribution in [0.4, 0.5) is 0 Å². The third kappa shape index (κ3) is 4.52. The van der Waals surface area contributed by atoms with Crippen LogP contribution in [0.5, 0.6) is 0 Å². The van der Waals surface area contributed by atoms with E-state index >= 15 is 0 Å². The van der Waals surface area contributed by atoms with E-state index in [1.54, 1.807) is 12.1 Å². The molecule has 0 saturated carbocycles. The largest absolute Gasteiger partial charge is 0.478 e. The lowest BCUT2D eigenvalue weighted by molar-refractivity contribution is 0.0696. The van der Waals surface area contributed by atoms with E-state index in [0.717, 1.165) is 11.1 Å². The van der Waals surface area contributed by atoms with Gasteiger partial charge in [-0.1, -0.05) is 54.5 Å². The van der Waals surface area contributed by atoms with Crippen LogP contribution in [0.25, 0.3) is 0 Å². The Labute approximate surface area is 111 Å². The van der Waals surface area contributed by atoms with Crippen LogP contribution in [0.15, 0.2) is 18.2 Å². The van der Waals surface area contributed by atoms with Crippen molar-refractivity contribution >= 4 is 5.97 Å². The third-order valence-electron chi connectivity index (χ3n) is 2.73. The first kappa shape index (κ1) is 16.7. The summed E-state index contributed by atoms with van der Waals surface area (Å²) in [5, 5.41) is 9.08. The molecule has 0 aromatic heterocycles. The van der Waals surface area contributed by atoms with Crippen LogP contribution < -0.4 is 0 Å². The highest BCUT2D eigenvalue weighted by Crippen LogP contribution is 2.27. The zero-order valence-electron chi connectivity index (χ0n) is 12.7. The van der Waals surface area contributed by atoms with Gasteiger partial charge in [-0.25, -0.2) is 4.79 Å². The van der Waals surface area contributed by atoms with Crippen molar-refractivity contribution in [1.82, 2.24) is 0 Å². The maximum absolute atomic E-state index is 11.1. The number of aromatic carboxylic acids is 1. The molecule has 1 rings (SSSR count). The Hall–Kier alpha value is -1.31. The van der Waals surface area contributed by atoms with Crippen molar-refractivity contribution in [1.29, 1.82) is 0 Å². The van der Waals surface area contributed by atoms with E-state index in [1.807, 2.05) is 13.8 Å². The molecule has 1 N–H and O–H groups in total. The molecule has 0 radical (unpaired) electrons. The zero-order chi connectivity index (χ0) is 14.5. The highest BCUT2D eigenvalue weighted by Gasteiger charge is 2.17. The van der Waals surface area contributed by atoms with E-state index in [9.17, 15) is 4.79 Å². The average Bonchev–Trinajstić information content (AvgIpc) is 2.29. The molecule has 0 fully saturated rings. The number of hydrogen-bond acceptors (Lipinski definition) is 1. The predicted octanol–water partition coefficient (Wildman–Crippen LogP) is 4.83. The standard InChI is InChI=1S/C14H20O2.C2H6/c1-9(2)10-6-11(13(15)16)8-12(7-10)14(3,4)5;1-2/h6-9H,1-5H3,(H,15,16);1-2H3. The molecule has 0 unspecified atom stereocenters. The first-order valence-corrected chi connectivity index (χ1v) is 6.60. The fourth-order valence-corrected chi connectivity index (χ4v) is 1.54. The molecule has 1 aromatic rings. The summed E-state index contributed by atoms with van der Waals surface area (Å²) in [7, 11) is 0. The topological polar surface area (TPSA) is 37.3 Å². The molecule has 102 valence electrons. The van der Waals surface area contributed by atoms with Gasteiger partial charge in [-0.15, -0.1) is 0 Å². The summed E-state index contributed by atoms with van der Waals surface area (Å²) >= 11 is 0. The fraction of sp³-hybridized carbons (Fsp3) is 0.562. The summed E-state index contributed by atoms with van der Waals surface area (Å²) in [6.07, 6.45) is 0. The van der Waals surface area contributed by atoms with Crippen molar-refractivity contribution in [2.75, 3.05) is 0 Å². The van der Waals surface area contributed by atoms with Gasteiger partial charge in [0.25, 0.3) is 0 Å². The SMILES string of the molecule is CC.CC(C)c1cc(C(=O)O)cc(C(C)(C)C)c1. The number of carbonyl (C=O) groups is 1. The van der Waals surface area contributed by atoms with Gasteiger partial charge < -0.3 is 5.11 Å². The van der Waals surface area contributed by atoms with Crippen LogP contribution >= 0.6 is 0 Å². The number of carboxylic acids is 1. The molecule has 1 aromatic carbocycles. The minimum absolute atomic E-state index is 0.0188. The van der Waals surface area contributed by atoms with Gasteiger partial charge in [0.15, 0.2) is 0 Å². The Bertz CT molecular complexity index is 398. The normalized spacial score (nSPS) is 10.9. The second-order valence-corrected chi connectivity index (χ2v) is 5.55. The predicted molar refractivity (Wildman–Crippen MR) is 77.5 cm³/mol. The summed E-state index contributed by atoms with van der Waals surface area (Å²) in [5.41, 5.74) is 2.53. The minimum atomic E-state index is -0.854. The molecule has 0 atom stereocenters. The summed E-state index contributed by atoms with van der Waals surface area (Å²) in [4.78, 5) is 11.1. The first-order chi connectivity index (χ1) is 8.21. The Kier molecular flexibility index (Phi) is 6.10. The third-order valence-corrected chi connectivity index (χ3v) is 2.73. The smallest absolute Gasteiger partial charge is 0.335 e. The van der Waals surface area contributed by atoms with Gasteiger partial charge in [-0.3, -0.25) is 0 Å². The van der Waals surface area contributed by atoms with E-state index in [0.29, 0.717) is 11.5 Å². The lowest BCUT2D eigenvalue weighted by atomic mass is 9.83. The van der Waals surface area contributed by atoms with Gasteiger partial charge in [0, 0.05) is 0 Å². The molecule has 0 amide bonds. The number of benzene rings is 1. The van der Waals surface area contributed by atoms with E-state index in [1.165, 1.54) is 0 Å². The highest BCUT2D eigenvalue weighted by molar-refractivity contribution is 5.88. The molecule has 0 spiro atoms. The molecule has 0 heterocycles. The second-order valence-electron chi connectivity index (χ2n) is 5.55. The molecule has 18 heavy (non-hydrogen) atoms. The molecular weight excluding hydrogens is 224 g/mol. The summed E-state index contributed by atoms with van der Waals surface area (Å²) < 4.78 is 0. The molecular formula is C16H26O2. The van der Waals surface area contributed by atoms with E-state index in [-0.39, 0.29) is 5.41 Å². The Morgan fingerprint density at radius 2 is 1.61 bits per heavy atom. The highest BCUT2D eigenvalue weighted by atomic mass is 16.4. The van der Waals surface area contributed by atoms with Crippen LogP contribution in [0.2, 0.25) is 0 Å². The van der Waals surface area contributed by atoms with Gasteiger partial charge in [0.1, 0.15) is 0 Å². The maximum Gasteiger partial charge on any atom is 0.335 e. The van der Waals surface area contributed by atoms with Gasteiger partial charge in [0.05, 0.1) is 5.56 Å². The molecule has 2 nitrogen and oxygen atoms in total. The second kappa shape index (κ2) is 6.58. The summed E-state index contributed by atoms with van der Waals surface area (Å²) in [6, 6.07) is 5.65. The fourth-order valence-electron chi connectivity index (χ4n) is 1.54. The minimum Gasteiger partial charge on any atom is -0.478 e. The van der Waals surface area contributed by atoms with Crippen LogP contribution in [-0.2, 0) is 5.41 Å². The summed E-state index contributed by atoms with van der Waals surface area (Å²) in [6.45, 7) is 14.4. The number of hydrogen-bond donors (Lipinski definition) is 1. The molecule has 0 aliphatic rings. The van der Waals surface area contributed by atoms with Gasteiger partial charge >= 0.3 is 5.97 Å². The van der Waals surface area contributed by atoms with E-state index in [2.05, 4.69) is 40.7 Å². The van der Waals surface area contributed by atoms with Crippen molar-refractivity contribution in [3.8, 4) is 0 Å². The lowest BCUT2D eigenvalue weighted by Gasteiger charge is -2.21. The Morgan fingerprint density at radius 1 is 1.11 bits per heavy atom. The van der Waals surface area contributed by atoms with Crippen LogP contribution in [-0.4, -0.2) is 11.1 Å². The van der Waals surface area contributed by atoms with Gasteiger partial charge in [0.2, 0.25) is 0 Å². The number of carboxylic acid groups (broad SMARTS) is 1. The van der Waals surface area contributed by atoms with E-state index in [4.69, 9.17) is 5.11 Å². The van der Waals surface area contributed by atoms with Crippen LogP contribution in [0, 0.1) is 0 Å². The molecule has 0 bridgehead atoms. The number of rotatable bonds is 2. The van der Waals surface area contributed by atoms with E-state index < -0.39 is 5.97 Å². The van der Waals surface area contributed by atoms with Crippen LogP contribution in [0.1, 0.15) is 75.9 Å². The van der Waals surface area contributed by atoms with Crippen molar-refractivity contribution in [2.45, 2.75) is 59.8 Å². The Morgan fingerprint density at radius 3 is 1.94 bits per heavy atom. The maximum atomic E-state index is 11.1. The van der Waals surface area contributed by atoms with Crippen LogP contribution in [0.3, 0.4) is 0 Å². The van der Waals surface area contributed by atoms with Crippen molar-refractivity contribution in [3.63, 3.8) is 0 Å². The molecule has 0 aliphatic heterocycles. The van der Waals surface area contributed by atoms with Crippen molar-refractivity contribution in [2.24, 2.45) is 0 Å². The average molecular weight is 250 g/mol. The van der Waals surface area contributed by atoms with Gasteiger partial charge in [-0.2, -0.15) is 0 Å². The zero-order valence-corrected chi connectivity index (χ0v) is 12.7. The first-order valence-electron chi connectivity index (χ1n) is 6.60. The lowest BCUT2D eigenvalue weighted by Crippen LogP contribution is -2.13. The molecule has 0 saturated heterocycles. The molecule has 2 heteroatoms. The van der Waals surface area contributed by atoms with Crippen molar-refractivity contribution < 1.29 is 9.90 Å². The van der Waals surface area contributed by atoms with Gasteiger partial charge in [-0.05, 0) is 34.6 Å². The molecule has 0 aliphatic carbocycles. The Balaban J connectivity index is 0.00000137. The monoisotopic (exact) mass is 250 g/mol.